The van der Waals surface area contributed by atoms with Gasteiger partial charge in [0.2, 0.25) is 11.8 Å². The fraction of sp³-hybridized carbons (Fsp3) is 0.914. The normalized spacial score (nSPS) is 27.2. The Morgan fingerprint density at radius 2 is 0.710 bits per heavy atom. The molecule has 536 valence electrons. The van der Waals surface area contributed by atoms with Crippen LogP contribution in [0.2, 0.25) is 0 Å². The van der Waals surface area contributed by atoms with Crippen molar-refractivity contribution in [2.75, 3.05) is 78.5 Å². The molecular weight excluding hydrogens is 1200 g/mol. The SMILES string of the molecule is CCCC[N+](CCCC)(CCCC)CCCCN1C(=O)N2C[C@H]1CC[C@H]2C(=O)NC1CC2(CC(NC(=O)OC(C)(C)C)C2)C1.CCCC[N+](CCCC)(CCCC)CCCCN1C(=O)N2C[C@H]1CC[C@H]2C(=O)NC1CC2(CC(NC(=O)OC(C)(C)C)C2)C1.O=S(=O)([O-])[O-]. The van der Waals surface area contributed by atoms with Crippen molar-refractivity contribution in [1.29, 1.82) is 0 Å². The van der Waals surface area contributed by atoms with Gasteiger partial charge in [-0.15, -0.1) is 0 Å². The zero-order chi connectivity index (χ0) is 68.4. The van der Waals surface area contributed by atoms with E-state index >= 15 is 0 Å². The molecule has 4 saturated carbocycles. The van der Waals surface area contributed by atoms with Crippen LogP contribution in [-0.4, -0.2) is 220 Å². The van der Waals surface area contributed by atoms with Gasteiger partial charge in [0.25, 0.3) is 0 Å². The lowest BCUT2D eigenvalue weighted by atomic mass is 9.52. The number of quaternary nitrogens is 2. The number of alkyl carbamates (subject to hydrolysis) is 2. The molecule has 93 heavy (non-hydrogen) atoms. The highest BCUT2D eigenvalue weighted by Crippen LogP contribution is 2.57. The van der Waals surface area contributed by atoms with E-state index in [1.807, 2.05) is 51.3 Å². The summed E-state index contributed by atoms with van der Waals surface area (Å²) in [6.07, 6.45) is 29.9. The van der Waals surface area contributed by atoms with Crippen molar-refractivity contribution >= 4 is 46.5 Å². The van der Waals surface area contributed by atoms with E-state index < -0.39 is 21.6 Å². The van der Waals surface area contributed by atoms with Gasteiger partial charge in [-0.1, -0.05) is 80.1 Å². The van der Waals surface area contributed by atoms with Gasteiger partial charge in [-0.2, -0.15) is 0 Å². The maximum Gasteiger partial charge on any atom is 0.407 e. The van der Waals surface area contributed by atoms with Gasteiger partial charge in [-0.3, -0.25) is 18.0 Å². The molecule has 8 amide bonds. The van der Waals surface area contributed by atoms with Gasteiger partial charge in [-0.25, -0.2) is 19.2 Å². The molecule has 0 radical (unpaired) electrons. The molecule has 8 fully saturated rings. The summed E-state index contributed by atoms with van der Waals surface area (Å²) in [5.74, 6) is 0.0391. The zero-order valence-corrected chi connectivity index (χ0v) is 60.7. The molecule has 8 aliphatic rings. The van der Waals surface area contributed by atoms with Gasteiger partial charge in [0.1, 0.15) is 23.3 Å². The van der Waals surface area contributed by atoms with Gasteiger partial charge in [0.05, 0.1) is 64.4 Å². The molecule has 4 saturated heterocycles. The number of amides is 8. The number of hydrogen-bond acceptors (Lipinski definition) is 12. The fourth-order valence-electron chi connectivity index (χ4n) is 16.9. The molecule has 0 unspecified atom stereocenters. The summed E-state index contributed by atoms with van der Waals surface area (Å²) < 4.78 is 47.4. The largest absolute Gasteiger partial charge is 0.759 e. The number of ether oxygens (including phenoxy) is 2. The molecule has 4 aliphatic heterocycles. The zero-order valence-electron chi connectivity index (χ0n) is 59.9. The van der Waals surface area contributed by atoms with Crippen LogP contribution in [0, 0.1) is 10.8 Å². The van der Waals surface area contributed by atoms with Crippen molar-refractivity contribution in [3.8, 4) is 0 Å². The highest BCUT2D eigenvalue weighted by atomic mass is 32.3. The Kier molecular flexibility index (Phi) is 29.2. The number of carbonyl (C=O) groups excluding carboxylic acids is 6. The monoisotopic (exact) mass is 1330 g/mol. The van der Waals surface area contributed by atoms with Crippen molar-refractivity contribution in [2.24, 2.45) is 10.8 Å². The minimum Gasteiger partial charge on any atom is -0.759 e. The third-order valence-electron chi connectivity index (χ3n) is 21.6. The van der Waals surface area contributed by atoms with E-state index in [9.17, 15) is 28.8 Å². The standard InChI is InChI=1S/2C35H63N5O4.H2O4S/c2*1-7-10-18-40(19-11-8-2,20-12-9-3)21-14-13-17-38-29-15-16-30(39(26-29)33(38)43)31(41)36-27-22-35(23-27)24-28(25-35)37-32(42)44-34(4,5)6;1-5(2,3)4/h2*27-30H,7-26H2,1-6H3,(H-,36,37,41,42);(H2,1,2,3,4)/t2*27?,28?,29-,30+,35?;/m11./s1. The molecular formula is C70H128N10O12S. The van der Waals surface area contributed by atoms with E-state index in [0.29, 0.717) is 13.1 Å². The molecule has 4 atom stereocenters. The first-order valence-corrected chi connectivity index (χ1v) is 38.3. The summed E-state index contributed by atoms with van der Waals surface area (Å²) in [4.78, 5) is 85.6. The molecule has 2 spiro atoms. The molecule has 23 heteroatoms. The van der Waals surface area contributed by atoms with Crippen LogP contribution in [-0.2, 0) is 29.5 Å². The molecule has 4 aliphatic carbocycles. The third kappa shape index (κ3) is 23.5. The lowest BCUT2D eigenvalue weighted by molar-refractivity contribution is -0.929. The summed E-state index contributed by atoms with van der Waals surface area (Å²) in [6, 6.07) is 0.604. The number of piperidine rings is 2. The topological polar surface area (TPSA) is 262 Å². The minimum absolute atomic E-state index is 0.0195. The second kappa shape index (κ2) is 34.8. The van der Waals surface area contributed by atoms with Crippen LogP contribution in [0.3, 0.4) is 0 Å². The summed E-state index contributed by atoms with van der Waals surface area (Å²) in [7, 11) is -5.17. The Labute approximate surface area is 561 Å². The molecule has 0 aromatic rings. The van der Waals surface area contributed by atoms with Gasteiger partial charge < -0.3 is 68.4 Å². The van der Waals surface area contributed by atoms with E-state index in [1.54, 1.807) is 0 Å². The lowest BCUT2D eigenvalue weighted by Gasteiger charge is -2.57. The lowest BCUT2D eigenvalue weighted by Crippen LogP contribution is -2.63. The average Bonchev–Trinajstić information content (AvgIpc) is 1.61. The van der Waals surface area contributed by atoms with Crippen LogP contribution >= 0.6 is 0 Å². The number of nitrogens with one attached hydrogen (secondary N) is 4. The van der Waals surface area contributed by atoms with Crippen molar-refractivity contribution < 1.29 is 64.7 Å². The highest BCUT2D eigenvalue weighted by Gasteiger charge is 2.57. The van der Waals surface area contributed by atoms with E-state index in [4.69, 9.17) is 27.0 Å². The summed E-state index contributed by atoms with van der Waals surface area (Å²) >= 11 is 0. The smallest absolute Gasteiger partial charge is 0.407 e. The third-order valence-corrected chi connectivity index (χ3v) is 21.6. The van der Waals surface area contributed by atoms with Crippen LogP contribution in [0.4, 0.5) is 19.2 Å². The Bertz CT molecular complexity index is 2290. The van der Waals surface area contributed by atoms with Gasteiger partial charge in [-0.05, 0) is 194 Å². The fourth-order valence-corrected chi connectivity index (χ4v) is 16.9. The van der Waals surface area contributed by atoms with Gasteiger partial charge >= 0.3 is 24.2 Å². The second-order valence-electron chi connectivity index (χ2n) is 31.9. The average molecular weight is 1330 g/mol. The summed E-state index contributed by atoms with van der Waals surface area (Å²) in [5, 5.41) is 12.5. The molecule has 4 bridgehead atoms. The first-order valence-electron chi connectivity index (χ1n) is 36.9. The van der Waals surface area contributed by atoms with Crippen LogP contribution < -0.4 is 21.3 Å². The van der Waals surface area contributed by atoms with Crippen molar-refractivity contribution in [2.45, 2.75) is 322 Å². The Morgan fingerprint density at radius 3 is 0.968 bits per heavy atom. The van der Waals surface area contributed by atoms with Crippen molar-refractivity contribution in [1.82, 2.24) is 40.9 Å². The number of urea groups is 2. The van der Waals surface area contributed by atoms with Crippen molar-refractivity contribution in [3.05, 3.63) is 0 Å². The Hall–Kier alpha value is -4.19. The van der Waals surface area contributed by atoms with Gasteiger partial charge in [0, 0.05) is 60.7 Å². The first kappa shape index (κ1) is 77.8. The van der Waals surface area contributed by atoms with Crippen molar-refractivity contribution in [3.63, 3.8) is 0 Å². The summed E-state index contributed by atoms with van der Waals surface area (Å²) in [5.41, 5.74) is -0.524. The molecule has 22 nitrogen and oxygen atoms in total. The predicted molar refractivity (Wildman–Crippen MR) is 361 cm³/mol. The quantitative estimate of drug-likeness (QED) is 0.0203. The number of rotatable bonds is 34. The number of carbonyl (C=O) groups is 6. The van der Waals surface area contributed by atoms with E-state index in [0.717, 1.165) is 116 Å². The molecule has 8 rings (SSSR count). The first-order chi connectivity index (χ1) is 43.8. The molecule has 4 heterocycles. The van der Waals surface area contributed by atoms with Crippen LogP contribution in [0.1, 0.15) is 263 Å². The number of fused-ring (bicyclic) bond motifs is 4. The van der Waals surface area contributed by atoms with E-state index in [2.05, 4.69) is 72.6 Å². The Balaban J connectivity index is 0.000000275. The molecule has 0 aromatic carbocycles. The number of hydrogen-bond donors (Lipinski definition) is 4. The maximum absolute atomic E-state index is 13.5. The molecule has 0 aromatic heterocycles. The van der Waals surface area contributed by atoms with E-state index in [-0.39, 0.29) is 95.2 Å². The van der Waals surface area contributed by atoms with Crippen LogP contribution in [0.25, 0.3) is 0 Å². The summed E-state index contributed by atoms with van der Waals surface area (Å²) in [6.45, 7) is 38.2. The van der Waals surface area contributed by atoms with E-state index in [1.165, 1.54) is 138 Å². The van der Waals surface area contributed by atoms with Crippen LogP contribution in [0.5, 0.6) is 0 Å². The predicted octanol–water partition coefficient (Wildman–Crippen LogP) is 11.1. The number of unbranched alkanes of at least 4 members (excludes halogenated alkanes) is 8. The Morgan fingerprint density at radius 1 is 0.452 bits per heavy atom. The number of nitrogens with zero attached hydrogens (tertiary/aromatic N) is 6. The van der Waals surface area contributed by atoms with Gasteiger partial charge in [0.15, 0.2) is 0 Å². The minimum atomic E-state index is -5.17. The highest BCUT2D eigenvalue weighted by molar-refractivity contribution is 7.79. The second-order valence-corrected chi connectivity index (χ2v) is 32.7. The molecule has 4 N–H and O–H groups in total. The van der Waals surface area contributed by atoms with Crippen LogP contribution in [0.15, 0.2) is 0 Å². The maximum atomic E-state index is 13.5.